The van der Waals surface area contributed by atoms with Gasteiger partial charge in [0.15, 0.2) is 12.6 Å². The molecule has 1 unspecified atom stereocenters. The molecule has 0 spiro atoms. The number of hydrogen-bond acceptors (Lipinski definition) is 7. The number of alkyl halides is 3. The number of carbonyl (C=O) groups excluding carboxylic acids is 1. The Morgan fingerprint density at radius 2 is 1.76 bits per heavy atom. The van der Waals surface area contributed by atoms with Crippen LogP contribution >= 0.6 is 34.8 Å². The smallest absolute Gasteiger partial charge is 0.407 e. The van der Waals surface area contributed by atoms with Crippen molar-refractivity contribution in [3.05, 3.63) is 84.4 Å². The second-order valence-electron chi connectivity index (χ2n) is 8.46. The topological polar surface area (TPSA) is 84.5 Å². The van der Waals surface area contributed by atoms with Gasteiger partial charge in [0.2, 0.25) is 3.79 Å². The fraction of sp³-hybridized carbons (Fsp3) is 0.423. The lowest BCUT2D eigenvalue weighted by Gasteiger charge is -2.49. The number of benzene rings is 2. The van der Waals surface area contributed by atoms with Gasteiger partial charge in [0.25, 0.3) is 0 Å². The molecular formula is C26H28Cl3NO7. The van der Waals surface area contributed by atoms with E-state index >= 15 is 0 Å². The molecule has 0 bridgehead atoms. The molecule has 1 N–H and O–H groups in total. The first-order valence-electron chi connectivity index (χ1n) is 11.7. The van der Waals surface area contributed by atoms with Gasteiger partial charge in [0, 0.05) is 5.56 Å². The van der Waals surface area contributed by atoms with Crippen LogP contribution < -0.4 is 5.32 Å². The van der Waals surface area contributed by atoms with E-state index in [2.05, 4.69) is 11.9 Å². The van der Waals surface area contributed by atoms with Gasteiger partial charge in [-0.1, -0.05) is 102 Å². The summed E-state index contributed by atoms with van der Waals surface area (Å²) in [4.78, 5) is 12.7. The minimum absolute atomic E-state index is 0.170. The van der Waals surface area contributed by atoms with Crippen molar-refractivity contribution in [3.8, 4) is 0 Å². The minimum atomic E-state index is -1.76. The molecule has 2 fully saturated rings. The minimum Gasteiger partial charge on any atom is -0.445 e. The van der Waals surface area contributed by atoms with Crippen LogP contribution in [0.1, 0.15) is 17.4 Å². The molecule has 200 valence electrons. The Kier molecular flexibility index (Phi) is 10.1. The lowest BCUT2D eigenvalue weighted by Crippen LogP contribution is -2.67. The molecule has 2 aliphatic heterocycles. The third-order valence-corrected chi connectivity index (χ3v) is 6.05. The Bertz CT molecular complexity index is 1010. The molecule has 0 aliphatic carbocycles. The van der Waals surface area contributed by atoms with Crippen LogP contribution in [0.3, 0.4) is 0 Å². The van der Waals surface area contributed by atoms with E-state index in [1.807, 2.05) is 60.7 Å². The number of halogens is 3. The third kappa shape index (κ3) is 8.05. The zero-order valence-corrected chi connectivity index (χ0v) is 22.1. The number of carbonyl (C=O) groups is 1. The predicted molar refractivity (Wildman–Crippen MR) is 138 cm³/mol. The predicted octanol–water partition coefficient (Wildman–Crippen LogP) is 5.08. The first-order valence-corrected chi connectivity index (χ1v) is 12.8. The number of fused-ring (bicyclic) bond motifs is 1. The zero-order valence-electron chi connectivity index (χ0n) is 19.8. The fourth-order valence-corrected chi connectivity index (χ4v) is 4.26. The second kappa shape index (κ2) is 13.3. The quantitative estimate of drug-likeness (QED) is 0.331. The molecule has 2 aromatic carbocycles. The molecule has 1 amide bonds. The highest BCUT2D eigenvalue weighted by Crippen LogP contribution is 2.36. The van der Waals surface area contributed by atoms with E-state index in [-0.39, 0.29) is 19.8 Å². The van der Waals surface area contributed by atoms with Gasteiger partial charge in [-0.15, -0.1) is 6.58 Å². The van der Waals surface area contributed by atoms with Crippen LogP contribution in [0.5, 0.6) is 0 Å². The van der Waals surface area contributed by atoms with Crippen LogP contribution in [-0.2, 0) is 35.0 Å². The van der Waals surface area contributed by atoms with E-state index < -0.39 is 53.4 Å². The number of amides is 1. The molecule has 6 atom stereocenters. The van der Waals surface area contributed by atoms with Gasteiger partial charge >= 0.3 is 6.09 Å². The molecule has 2 aliphatic rings. The molecule has 0 radical (unpaired) electrons. The molecule has 11 heteroatoms. The monoisotopic (exact) mass is 571 g/mol. The molecule has 0 aromatic heterocycles. The van der Waals surface area contributed by atoms with E-state index in [0.29, 0.717) is 0 Å². The maximum absolute atomic E-state index is 12.7. The van der Waals surface area contributed by atoms with Crippen LogP contribution in [0.15, 0.2) is 73.3 Å². The average Bonchev–Trinajstić information content (AvgIpc) is 2.90. The number of alkyl carbamates (subject to hydrolysis) is 1. The van der Waals surface area contributed by atoms with Crippen LogP contribution in [0.4, 0.5) is 4.79 Å². The highest BCUT2D eigenvalue weighted by Gasteiger charge is 2.52. The van der Waals surface area contributed by atoms with Crippen LogP contribution in [0.2, 0.25) is 0 Å². The van der Waals surface area contributed by atoms with Crippen LogP contribution in [0.25, 0.3) is 0 Å². The van der Waals surface area contributed by atoms with E-state index in [4.69, 9.17) is 63.2 Å². The summed E-state index contributed by atoms with van der Waals surface area (Å²) in [6.07, 6.45) is -2.64. The van der Waals surface area contributed by atoms with Crippen molar-refractivity contribution in [2.45, 2.75) is 47.3 Å². The summed E-state index contributed by atoms with van der Waals surface area (Å²) in [6, 6.07) is 18.3. The number of ether oxygens (including phenoxy) is 6. The van der Waals surface area contributed by atoms with Gasteiger partial charge in [-0.2, -0.15) is 0 Å². The number of hydrogen-bond donors (Lipinski definition) is 1. The van der Waals surface area contributed by atoms with Crippen molar-refractivity contribution in [2.24, 2.45) is 0 Å². The Labute approximate surface area is 230 Å². The molecule has 0 saturated carbocycles. The highest BCUT2D eigenvalue weighted by atomic mass is 35.6. The molecule has 2 heterocycles. The fourth-order valence-electron chi connectivity index (χ4n) is 4.10. The van der Waals surface area contributed by atoms with E-state index in [0.717, 1.165) is 11.1 Å². The lowest BCUT2D eigenvalue weighted by molar-refractivity contribution is -0.348. The molecule has 4 rings (SSSR count). The SMILES string of the molecule is C=CCO[C@H]1O[C@@H]2COC(c3ccccc3)O[C@H]2[C@H](OCc2ccccc2)[C@H]1NC(=O)OCC(Cl)(Cl)Cl. The Morgan fingerprint density at radius 1 is 1.05 bits per heavy atom. The summed E-state index contributed by atoms with van der Waals surface area (Å²) in [6.45, 7) is 3.90. The maximum atomic E-state index is 12.7. The van der Waals surface area contributed by atoms with Gasteiger partial charge in [-0.05, 0) is 5.56 Å². The first kappa shape index (κ1) is 28.1. The van der Waals surface area contributed by atoms with E-state index in [1.165, 1.54) is 0 Å². The Balaban J connectivity index is 1.58. The molecular weight excluding hydrogens is 545 g/mol. The van der Waals surface area contributed by atoms with Crippen molar-refractivity contribution in [1.82, 2.24) is 5.32 Å². The average molecular weight is 573 g/mol. The van der Waals surface area contributed by atoms with Gasteiger partial charge in [-0.3, -0.25) is 0 Å². The molecule has 8 nitrogen and oxygen atoms in total. The summed E-state index contributed by atoms with van der Waals surface area (Å²) in [5.41, 5.74) is 1.79. The van der Waals surface area contributed by atoms with Gasteiger partial charge < -0.3 is 33.7 Å². The summed E-state index contributed by atoms with van der Waals surface area (Å²) in [5.74, 6) is 0. The molecule has 37 heavy (non-hydrogen) atoms. The van der Waals surface area contributed by atoms with Crippen molar-refractivity contribution in [3.63, 3.8) is 0 Å². The van der Waals surface area contributed by atoms with Gasteiger partial charge in [-0.25, -0.2) is 4.79 Å². The normalized spacial score (nSPS) is 27.6. The summed E-state index contributed by atoms with van der Waals surface area (Å²) in [5, 5.41) is 2.76. The van der Waals surface area contributed by atoms with Crippen LogP contribution in [0, 0.1) is 0 Å². The highest BCUT2D eigenvalue weighted by molar-refractivity contribution is 6.67. The maximum Gasteiger partial charge on any atom is 0.407 e. The van der Waals surface area contributed by atoms with Gasteiger partial charge in [0.05, 0.1) is 19.8 Å². The van der Waals surface area contributed by atoms with Crippen LogP contribution in [-0.4, -0.2) is 60.4 Å². The standard InChI is InChI=1S/C26H28Cl3NO7/c1-2-13-32-24-20(30-25(31)35-16-26(27,28)29)22(33-14-17-9-5-3-6-10-17)21-19(36-24)15-34-23(37-21)18-11-7-4-8-12-18/h2-12,19-24H,1,13-16H2,(H,30,31)/t19-,20-,21-,22-,23?,24+/m1/s1. The van der Waals surface area contributed by atoms with Crippen molar-refractivity contribution in [1.29, 1.82) is 0 Å². The van der Waals surface area contributed by atoms with Crippen molar-refractivity contribution in [2.75, 3.05) is 19.8 Å². The van der Waals surface area contributed by atoms with Crippen molar-refractivity contribution >= 4 is 40.9 Å². The third-order valence-electron chi connectivity index (χ3n) is 5.73. The molecule has 2 aromatic rings. The number of rotatable bonds is 9. The molecule has 2 saturated heterocycles. The van der Waals surface area contributed by atoms with Crippen molar-refractivity contribution < 1.29 is 33.2 Å². The summed E-state index contributed by atoms with van der Waals surface area (Å²) in [7, 11) is 0. The zero-order chi connectivity index (χ0) is 26.3. The first-order chi connectivity index (χ1) is 17.8. The Hall–Kier alpha value is -1.88. The Morgan fingerprint density at radius 3 is 2.43 bits per heavy atom. The lowest BCUT2D eigenvalue weighted by atomic mass is 9.95. The number of nitrogens with one attached hydrogen (secondary N) is 1. The summed E-state index contributed by atoms with van der Waals surface area (Å²) < 4.78 is 34.0. The summed E-state index contributed by atoms with van der Waals surface area (Å²) >= 11 is 17.2. The largest absolute Gasteiger partial charge is 0.445 e. The second-order valence-corrected chi connectivity index (χ2v) is 11.0. The van der Waals surface area contributed by atoms with E-state index in [9.17, 15) is 4.79 Å². The van der Waals surface area contributed by atoms with E-state index in [1.54, 1.807) is 6.08 Å². The van der Waals surface area contributed by atoms with Gasteiger partial charge in [0.1, 0.15) is 31.0 Å².